The van der Waals surface area contributed by atoms with Crippen molar-refractivity contribution in [2.24, 2.45) is 5.16 Å². The zero-order chi connectivity index (χ0) is 8.69. The number of allylic oxidation sites excluding steroid dienone is 4. The van der Waals surface area contributed by atoms with Crippen LogP contribution in [0, 0.1) is 11.3 Å². The monoisotopic (exact) mass is 170 g/mol. The van der Waals surface area contributed by atoms with Crippen molar-refractivity contribution in [1.29, 1.82) is 5.26 Å². The molecule has 0 radical (unpaired) electrons. The van der Waals surface area contributed by atoms with Crippen molar-refractivity contribution in [3.05, 3.63) is 22.8 Å². The van der Waals surface area contributed by atoms with Crippen molar-refractivity contribution in [2.75, 3.05) is 0 Å². The van der Waals surface area contributed by atoms with Crippen LogP contribution in [0.25, 0.3) is 0 Å². The van der Waals surface area contributed by atoms with E-state index in [0.717, 1.165) is 6.21 Å². The molecule has 0 heterocycles. The van der Waals surface area contributed by atoms with Crippen LogP contribution in [0.2, 0.25) is 0 Å². The Hall–Kier alpha value is -1.27. The summed E-state index contributed by atoms with van der Waals surface area (Å²) in [7, 11) is 0. The summed E-state index contributed by atoms with van der Waals surface area (Å²) < 4.78 is 0. The number of oxime groups is 1. The Labute approximate surface area is 69.9 Å². The molecule has 0 amide bonds. The molecule has 0 aliphatic heterocycles. The molecule has 0 fully saturated rings. The van der Waals surface area contributed by atoms with Gasteiger partial charge in [-0.3, -0.25) is 0 Å². The summed E-state index contributed by atoms with van der Waals surface area (Å²) in [6.45, 7) is 1.76. The Morgan fingerprint density at radius 1 is 1.73 bits per heavy atom. The predicted molar refractivity (Wildman–Crippen MR) is 43.6 cm³/mol. The molecule has 0 aromatic rings. The van der Waals surface area contributed by atoms with Crippen molar-refractivity contribution in [3.63, 3.8) is 0 Å². The quantitative estimate of drug-likeness (QED) is 0.227. The molecule has 0 rings (SSSR count). The van der Waals surface area contributed by atoms with Crippen LogP contribution in [0.1, 0.15) is 6.92 Å². The van der Waals surface area contributed by atoms with Gasteiger partial charge in [-0.25, -0.2) is 0 Å². The van der Waals surface area contributed by atoms with Crippen molar-refractivity contribution in [1.82, 2.24) is 0 Å². The minimum Gasteiger partial charge on any atom is -0.411 e. The third kappa shape index (κ3) is 3.43. The van der Waals surface area contributed by atoms with Gasteiger partial charge in [0.25, 0.3) is 0 Å². The maximum absolute atomic E-state index is 8.47. The zero-order valence-corrected chi connectivity index (χ0v) is 6.71. The standard InChI is InChI=1S/C7H7ClN2O/c1-2-3-6(4-9)7(8)5-10-11/h2-3,5,11H,1H3/b3-2-,7-6-,10-5+. The van der Waals surface area contributed by atoms with Crippen LogP contribution in [0.3, 0.4) is 0 Å². The van der Waals surface area contributed by atoms with E-state index in [0.29, 0.717) is 0 Å². The lowest BCUT2D eigenvalue weighted by Gasteiger charge is -1.87. The van der Waals surface area contributed by atoms with Gasteiger partial charge >= 0.3 is 0 Å². The maximum Gasteiger partial charge on any atom is 0.101 e. The molecule has 0 aliphatic carbocycles. The highest BCUT2D eigenvalue weighted by atomic mass is 35.5. The van der Waals surface area contributed by atoms with Crippen LogP contribution in [0.4, 0.5) is 0 Å². The molecule has 0 atom stereocenters. The Bertz CT molecular complexity index is 248. The normalized spacial score (nSPS) is 13.5. The molecule has 0 unspecified atom stereocenters. The Morgan fingerprint density at radius 3 is 2.73 bits per heavy atom. The summed E-state index contributed by atoms with van der Waals surface area (Å²) in [5.74, 6) is 0. The number of hydrogen-bond donors (Lipinski definition) is 1. The van der Waals surface area contributed by atoms with Crippen LogP contribution < -0.4 is 0 Å². The average molecular weight is 171 g/mol. The van der Waals surface area contributed by atoms with Crippen molar-refractivity contribution >= 4 is 17.8 Å². The van der Waals surface area contributed by atoms with Gasteiger partial charge in [0, 0.05) is 0 Å². The van der Waals surface area contributed by atoms with Crippen molar-refractivity contribution in [2.45, 2.75) is 6.92 Å². The number of nitriles is 1. The lowest BCUT2D eigenvalue weighted by atomic mass is 10.2. The first-order valence-corrected chi connectivity index (χ1v) is 3.24. The minimum absolute atomic E-state index is 0.119. The van der Waals surface area contributed by atoms with E-state index >= 15 is 0 Å². The summed E-state index contributed by atoms with van der Waals surface area (Å²) in [5, 5.41) is 19.3. The van der Waals surface area contributed by atoms with E-state index in [1.54, 1.807) is 13.0 Å². The second-order valence-electron chi connectivity index (χ2n) is 1.62. The van der Waals surface area contributed by atoms with E-state index in [1.165, 1.54) is 6.08 Å². The Kier molecular flexibility index (Phi) is 4.87. The van der Waals surface area contributed by atoms with Crippen molar-refractivity contribution < 1.29 is 5.21 Å². The molecule has 0 aromatic carbocycles. The fourth-order valence-corrected chi connectivity index (χ4v) is 0.606. The van der Waals surface area contributed by atoms with Gasteiger partial charge < -0.3 is 5.21 Å². The predicted octanol–water partition coefficient (Wildman–Crippen LogP) is 2.04. The third-order valence-corrected chi connectivity index (χ3v) is 1.18. The lowest BCUT2D eigenvalue weighted by Crippen LogP contribution is -1.80. The van der Waals surface area contributed by atoms with Gasteiger partial charge in [-0.15, -0.1) is 0 Å². The Balaban J connectivity index is 4.71. The fraction of sp³-hybridized carbons (Fsp3) is 0.143. The highest BCUT2D eigenvalue weighted by Gasteiger charge is 1.95. The average Bonchev–Trinajstić information content (AvgIpc) is 2.00. The largest absolute Gasteiger partial charge is 0.411 e. The van der Waals surface area contributed by atoms with E-state index in [9.17, 15) is 0 Å². The number of rotatable bonds is 2. The van der Waals surface area contributed by atoms with E-state index in [1.807, 2.05) is 6.07 Å². The van der Waals surface area contributed by atoms with Gasteiger partial charge in [-0.1, -0.05) is 22.8 Å². The zero-order valence-electron chi connectivity index (χ0n) is 5.95. The molecular weight excluding hydrogens is 164 g/mol. The molecule has 0 bridgehead atoms. The first-order chi connectivity index (χ1) is 5.26. The second kappa shape index (κ2) is 5.51. The molecule has 0 spiro atoms. The Morgan fingerprint density at radius 2 is 2.36 bits per heavy atom. The van der Waals surface area contributed by atoms with Crippen LogP contribution in [-0.2, 0) is 0 Å². The molecular formula is C7H7ClN2O. The third-order valence-electron chi connectivity index (χ3n) is 0.882. The summed E-state index contributed by atoms with van der Waals surface area (Å²) in [5.41, 5.74) is 0.270. The van der Waals surface area contributed by atoms with Crippen LogP contribution in [0.15, 0.2) is 27.9 Å². The molecule has 0 aliphatic rings. The van der Waals surface area contributed by atoms with Crippen LogP contribution in [0.5, 0.6) is 0 Å². The molecule has 0 saturated heterocycles. The fourth-order valence-electron chi connectivity index (χ4n) is 0.457. The maximum atomic E-state index is 8.47. The molecule has 58 valence electrons. The molecule has 1 N–H and O–H groups in total. The van der Waals surface area contributed by atoms with E-state index < -0.39 is 0 Å². The smallest absolute Gasteiger partial charge is 0.101 e. The summed E-state index contributed by atoms with van der Waals surface area (Å²) in [4.78, 5) is 0. The van der Waals surface area contributed by atoms with Gasteiger partial charge in [0.15, 0.2) is 0 Å². The van der Waals surface area contributed by atoms with Gasteiger partial charge in [0.2, 0.25) is 0 Å². The summed E-state index contributed by atoms with van der Waals surface area (Å²) >= 11 is 5.52. The van der Waals surface area contributed by atoms with E-state index in [-0.39, 0.29) is 10.6 Å². The van der Waals surface area contributed by atoms with E-state index in [2.05, 4.69) is 5.16 Å². The van der Waals surface area contributed by atoms with Crippen LogP contribution >= 0.6 is 11.6 Å². The topological polar surface area (TPSA) is 56.4 Å². The molecule has 0 saturated carbocycles. The van der Waals surface area contributed by atoms with Crippen molar-refractivity contribution in [3.8, 4) is 6.07 Å². The lowest BCUT2D eigenvalue weighted by molar-refractivity contribution is 0.322. The summed E-state index contributed by atoms with van der Waals surface area (Å²) in [6, 6.07) is 1.85. The number of halogens is 1. The minimum atomic E-state index is 0.119. The van der Waals surface area contributed by atoms with E-state index in [4.69, 9.17) is 22.1 Å². The molecule has 4 heteroatoms. The highest BCUT2D eigenvalue weighted by molar-refractivity contribution is 6.40. The molecule has 11 heavy (non-hydrogen) atoms. The molecule has 0 aromatic heterocycles. The summed E-state index contributed by atoms with van der Waals surface area (Å²) in [6.07, 6.45) is 4.20. The highest BCUT2D eigenvalue weighted by Crippen LogP contribution is 2.07. The van der Waals surface area contributed by atoms with Gasteiger partial charge in [0.05, 0.1) is 16.8 Å². The van der Waals surface area contributed by atoms with Crippen LogP contribution in [-0.4, -0.2) is 11.4 Å². The number of nitrogens with zero attached hydrogens (tertiary/aromatic N) is 2. The van der Waals surface area contributed by atoms with Gasteiger partial charge in [-0.2, -0.15) is 5.26 Å². The van der Waals surface area contributed by atoms with Gasteiger partial charge in [0.1, 0.15) is 6.07 Å². The number of hydrogen-bond acceptors (Lipinski definition) is 3. The first-order valence-electron chi connectivity index (χ1n) is 2.86. The molecule has 3 nitrogen and oxygen atoms in total. The first kappa shape index (κ1) is 9.73. The SMILES string of the molecule is C\C=C/C(C#N)=C(Cl)\C=N\O. The van der Waals surface area contributed by atoms with Gasteiger partial charge in [-0.05, 0) is 13.0 Å². The second-order valence-corrected chi connectivity index (χ2v) is 2.03.